The third-order valence-electron chi connectivity index (χ3n) is 3.88. The first-order valence-corrected chi connectivity index (χ1v) is 8.64. The Kier molecular flexibility index (Phi) is 10.6. The van der Waals surface area contributed by atoms with Crippen LogP contribution in [0.15, 0.2) is 24.5 Å². The number of aryl methyl sites for hydroxylation is 1. The lowest BCUT2D eigenvalue weighted by Gasteiger charge is -2.04. The van der Waals surface area contributed by atoms with Crippen LogP contribution < -0.4 is 5.32 Å². The quantitative estimate of drug-likeness (QED) is 0.533. The Bertz CT molecular complexity index is 346. The van der Waals surface area contributed by atoms with E-state index in [0.717, 1.165) is 13.0 Å². The topological polar surface area (TPSA) is 34.0 Å². The van der Waals surface area contributed by atoms with E-state index in [1.165, 1.54) is 64.3 Å². The van der Waals surface area contributed by atoms with E-state index in [1.807, 2.05) is 0 Å². The third-order valence-corrected chi connectivity index (χ3v) is 3.88. The van der Waals surface area contributed by atoms with E-state index >= 15 is 0 Å². The van der Waals surface area contributed by atoms with E-state index in [1.54, 1.807) is 6.92 Å². The first kappa shape index (κ1) is 17.8. The molecule has 1 aromatic heterocycles. The number of hydrogen-bond acceptors (Lipinski definition) is 1. The maximum atomic E-state index is 10.7. The van der Waals surface area contributed by atoms with Crippen molar-refractivity contribution < 1.29 is 4.79 Å². The standard InChI is InChI=1S/C18H32N2O/c1-18(21)19-14-10-8-6-4-2-3-5-7-9-11-15-20-16-12-13-17-20/h12-13,16-17H,2-11,14-15H2,1H3,(H,19,21). The maximum absolute atomic E-state index is 10.7. The average molecular weight is 292 g/mol. The van der Waals surface area contributed by atoms with E-state index in [4.69, 9.17) is 0 Å². The Hall–Kier alpha value is -1.25. The number of nitrogens with one attached hydrogen (secondary N) is 1. The van der Waals surface area contributed by atoms with Crippen LogP contribution in [0.4, 0.5) is 0 Å². The van der Waals surface area contributed by atoms with Crippen LogP contribution in [-0.2, 0) is 11.3 Å². The van der Waals surface area contributed by atoms with Gasteiger partial charge < -0.3 is 9.88 Å². The largest absolute Gasteiger partial charge is 0.356 e. The van der Waals surface area contributed by atoms with Gasteiger partial charge in [-0.25, -0.2) is 0 Å². The molecule has 0 aliphatic rings. The van der Waals surface area contributed by atoms with Crippen molar-refractivity contribution in [2.75, 3.05) is 6.54 Å². The predicted molar refractivity (Wildman–Crippen MR) is 89.3 cm³/mol. The number of carbonyl (C=O) groups excluding carboxylic acids is 1. The van der Waals surface area contributed by atoms with Gasteiger partial charge >= 0.3 is 0 Å². The average Bonchev–Trinajstić information content (AvgIpc) is 2.97. The summed E-state index contributed by atoms with van der Waals surface area (Å²) in [6.45, 7) is 3.59. The zero-order chi connectivity index (χ0) is 15.2. The molecule has 0 aromatic carbocycles. The summed E-state index contributed by atoms with van der Waals surface area (Å²) in [5.41, 5.74) is 0. The van der Waals surface area contributed by atoms with Crippen molar-refractivity contribution in [3.63, 3.8) is 0 Å². The van der Waals surface area contributed by atoms with Gasteiger partial charge in [-0.1, -0.05) is 51.4 Å². The molecule has 0 spiro atoms. The van der Waals surface area contributed by atoms with Gasteiger partial charge in [0.15, 0.2) is 0 Å². The molecule has 0 aliphatic heterocycles. The molecule has 0 bridgehead atoms. The van der Waals surface area contributed by atoms with Gasteiger partial charge in [0.2, 0.25) is 5.91 Å². The summed E-state index contributed by atoms with van der Waals surface area (Å²) in [6.07, 6.45) is 17.5. The minimum Gasteiger partial charge on any atom is -0.356 e. The molecule has 120 valence electrons. The second-order valence-corrected chi connectivity index (χ2v) is 5.94. The van der Waals surface area contributed by atoms with Gasteiger partial charge in [-0.3, -0.25) is 4.79 Å². The first-order chi connectivity index (χ1) is 10.3. The number of amides is 1. The fourth-order valence-corrected chi connectivity index (χ4v) is 2.62. The number of aromatic nitrogens is 1. The molecule has 1 rings (SSSR count). The number of hydrogen-bond donors (Lipinski definition) is 1. The fraction of sp³-hybridized carbons (Fsp3) is 0.722. The lowest BCUT2D eigenvalue weighted by Crippen LogP contribution is -2.20. The number of rotatable bonds is 13. The third kappa shape index (κ3) is 11.1. The monoisotopic (exact) mass is 292 g/mol. The Morgan fingerprint density at radius 2 is 1.29 bits per heavy atom. The molecule has 0 unspecified atom stereocenters. The molecule has 0 aliphatic carbocycles. The van der Waals surface area contributed by atoms with E-state index in [0.29, 0.717) is 0 Å². The molecule has 1 amide bonds. The van der Waals surface area contributed by atoms with Gasteiger partial charge in [0.1, 0.15) is 0 Å². The number of nitrogens with zero attached hydrogens (tertiary/aromatic N) is 1. The van der Waals surface area contributed by atoms with Crippen LogP contribution >= 0.6 is 0 Å². The van der Waals surface area contributed by atoms with Gasteiger partial charge in [-0.05, 0) is 25.0 Å². The van der Waals surface area contributed by atoms with Gasteiger partial charge in [-0.2, -0.15) is 0 Å². The Labute approximate surface area is 130 Å². The highest BCUT2D eigenvalue weighted by atomic mass is 16.1. The van der Waals surface area contributed by atoms with Crippen LogP contribution in [-0.4, -0.2) is 17.0 Å². The Morgan fingerprint density at radius 1 is 0.810 bits per heavy atom. The summed E-state index contributed by atoms with van der Waals surface area (Å²) in [6, 6.07) is 4.19. The highest BCUT2D eigenvalue weighted by molar-refractivity contribution is 5.72. The highest BCUT2D eigenvalue weighted by Gasteiger charge is 1.95. The van der Waals surface area contributed by atoms with Crippen molar-refractivity contribution in [2.45, 2.75) is 77.7 Å². The number of carbonyl (C=O) groups is 1. The second kappa shape index (κ2) is 12.5. The van der Waals surface area contributed by atoms with E-state index in [-0.39, 0.29) is 5.91 Å². The second-order valence-electron chi connectivity index (χ2n) is 5.94. The maximum Gasteiger partial charge on any atom is 0.216 e. The normalized spacial score (nSPS) is 10.7. The van der Waals surface area contributed by atoms with E-state index < -0.39 is 0 Å². The van der Waals surface area contributed by atoms with Crippen molar-refractivity contribution in [1.82, 2.24) is 9.88 Å². The predicted octanol–water partition coefficient (Wildman–Crippen LogP) is 4.53. The van der Waals surface area contributed by atoms with Crippen molar-refractivity contribution in [2.24, 2.45) is 0 Å². The van der Waals surface area contributed by atoms with Crippen molar-refractivity contribution in [3.05, 3.63) is 24.5 Å². The van der Waals surface area contributed by atoms with Gasteiger partial charge in [0.05, 0.1) is 0 Å². The molecular formula is C18H32N2O. The van der Waals surface area contributed by atoms with Crippen LogP contribution in [0.1, 0.15) is 71.1 Å². The summed E-state index contributed by atoms with van der Waals surface area (Å²) in [7, 11) is 0. The van der Waals surface area contributed by atoms with Gasteiger partial charge in [0, 0.05) is 32.4 Å². The molecule has 0 radical (unpaired) electrons. The van der Waals surface area contributed by atoms with Gasteiger partial charge in [0.25, 0.3) is 0 Å². The summed E-state index contributed by atoms with van der Waals surface area (Å²) in [5.74, 6) is 0.0896. The van der Waals surface area contributed by atoms with Crippen LogP contribution in [0.25, 0.3) is 0 Å². The molecule has 0 fully saturated rings. The van der Waals surface area contributed by atoms with Crippen LogP contribution in [0, 0.1) is 0 Å². The first-order valence-electron chi connectivity index (χ1n) is 8.64. The molecule has 3 heteroatoms. The van der Waals surface area contributed by atoms with E-state index in [2.05, 4.69) is 34.4 Å². The summed E-state index contributed by atoms with van der Waals surface area (Å²) in [5, 5.41) is 2.85. The summed E-state index contributed by atoms with van der Waals surface area (Å²) >= 11 is 0. The zero-order valence-electron chi connectivity index (χ0n) is 13.7. The minimum absolute atomic E-state index is 0.0896. The summed E-state index contributed by atoms with van der Waals surface area (Å²) in [4.78, 5) is 10.7. The molecule has 0 saturated carbocycles. The molecular weight excluding hydrogens is 260 g/mol. The SMILES string of the molecule is CC(=O)NCCCCCCCCCCCCn1cccc1. The lowest BCUT2D eigenvalue weighted by molar-refractivity contribution is -0.118. The molecule has 1 N–H and O–H groups in total. The minimum atomic E-state index is 0.0896. The van der Waals surface area contributed by atoms with Gasteiger partial charge in [-0.15, -0.1) is 0 Å². The molecule has 0 atom stereocenters. The molecule has 1 heterocycles. The van der Waals surface area contributed by atoms with Crippen LogP contribution in [0.5, 0.6) is 0 Å². The molecule has 1 aromatic rings. The van der Waals surface area contributed by atoms with Crippen molar-refractivity contribution >= 4 is 5.91 Å². The van der Waals surface area contributed by atoms with Crippen molar-refractivity contribution in [1.29, 1.82) is 0 Å². The summed E-state index contributed by atoms with van der Waals surface area (Å²) < 4.78 is 2.26. The smallest absolute Gasteiger partial charge is 0.216 e. The lowest BCUT2D eigenvalue weighted by atomic mass is 10.1. The van der Waals surface area contributed by atoms with E-state index in [9.17, 15) is 4.79 Å². The van der Waals surface area contributed by atoms with Crippen LogP contribution in [0.3, 0.4) is 0 Å². The molecule has 21 heavy (non-hydrogen) atoms. The molecule has 0 saturated heterocycles. The fourth-order valence-electron chi connectivity index (χ4n) is 2.62. The highest BCUT2D eigenvalue weighted by Crippen LogP contribution is 2.11. The van der Waals surface area contributed by atoms with Crippen molar-refractivity contribution in [3.8, 4) is 0 Å². The number of unbranched alkanes of at least 4 members (excludes halogenated alkanes) is 9. The Balaban J connectivity index is 1.72. The zero-order valence-corrected chi connectivity index (χ0v) is 13.7. The van der Waals surface area contributed by atoms with Crippen LogP contribution in [0.2, 0.25) is 0 Å². The Morgan fingerprint density at radius 3 is 1.81 bits per heavy atom. The molecule has 3 nitrogen and oxygen atoms in total.